The number of hydrogen-bond donors (Lipinski definition) is 2. The lowest BCUT2D eigenvalue weighted by atomic mass is 10.00. The molecular formula is C31H34N4O6. The summed E-state index contributed by atoms with van der Waals surface area (Å²) in [6.45, 7) is 4.33. The van der Waals surface area contributed by atoms with Gasteiger partial charge in [-0.05, 0) is 35.4 Å². The number of morpholine rings is 1. The van der Waals surface area contributed by atoms with E-state index in [1.165, 1.54) is 12.0 Å². The SMILES string of the molecule is COc1ccccc1C(=O)Nc1cccc(C2OC(=O)N(Cc3ccccc3)C2C(=O)NCCN2CCOCC2)c1. The summed E-state index contributed by atoms with van der Waals surface area (Å²) < 4.78 is 16.5. The largest absolute Gasteiger partial charge is 0.496 e. The van der Waals surface area contributed by atoms with Gasteiger partial charge in [-0.15, -0.1) is 0 Å². The van der Waals surface area contributed by atoms with Crippen LogP contribution in [0.1, 0.15) is 27.6 Å². The third-order valence-corrected chi connectivity index (χ3v) is 7.20. The number of methoxy groups -OCH3 is 1. The van der Waals surface area contributed by atoms with Gasteiger partial charge in [-0.2, -0.15) is 0 Å². The molecule has 2 unspecified atom stereocenters. The van der Waals surface area contributed by atoms with Gasteiger partial charge in [-0.1, -0.05) is 54.6 Å². The molecule has 2 heterocycles. The summed E-state index contributed by atoms with van der Waals surface area (Å²) in [4.78, 5) is 43.4. The van der Waals surface area contributed by atoms with Gasteiger partial charge in [-0.3, -0.25) is 19.4 Å². The number of ether oxygens (including phenoxy) is 3. The zero-order chi connectivity index (χ0) is 28.6. The molecule has 0 radical (unpaired) electrons. The van der Waals surface area contributed by atoms with Gasteiger partial charge in [0.2, 0.25) is 5.91 Å². The molecule has 0 spiro atoms. The number of cyclic esters (lactones) is 1. The maximum Gasteiger partial charge on any atom is 0.411 e. The van der Waals surface area contributed by atoms with Crippen LogP contribution in [0.15, 0.2) is 78.9 Å². The van der Waals surface area contributed by atoms with Gasteiger partial charge in [0.05, 0.1) is 32.4 Å². The van der Waals surface area contributed by atoms with Gasteiger partial charge in [0.15, 0.2) is 12.1 Å². The predicted molar refractivity (Wildman–Crippen MR) is 153 cm³/mol. The van der Waals surface area contributed by atoms with E-state index in [9.17, 15) is 14.4 Å². The molecule has 0 bridgehead atoms. The van der Waals surface area contributed by atoms with Crippen molar-refractivity contribution in [2.45, 2.75) is 18.7 Å². The molecule has 0 aromatic heterocycles. The van der Waals surface area contributed by atoms with E-state index in [-0.39, 0.29) is 18.4 Å². The van der Waals surface area contributed by atoms with Crippen molar-refractivity contribution in [3.05, 3.63) is 95.6 Å². The highest BCUT2D eigenvalue weighted by Crippen LogP contribution is 2.35. The van der Waals surface area contributed by atoms with Crippen molar-refractivity contribution in [1.82, 2.24) is 15.1 Å². The number of carbonyl (C=O) groups excluding carboxylic acids is 3. The Kier molecular flexibility index (Phi) is 9.12. The van der Waals surface area contributed by atoms with E-state index < -0.39 is 18.2 Å². The van der Waals surface area contributed by atoms with E-state index in [2.05, 4.69) is 15.5 Å². The Labute approximate surface area is 239 Å². The number of carbonyl (C=O) groups is 3. The first-order valence-electron chi connectivity index (χ1n) is 13.7. The summed E-state index contributed by atoms with van der Waals surface area (Å²) in [6, 6.07) is 22.5. The zero-order valence-corrected chi connectivity index (χ0v) is 23.0. The van der Waals surface area contributed by atoms with E-state index in [0.717, 1.165) is 18.7 Å². The fourth-order valence-electron chi connectivity index (χ4n) is 5.08. The lowest BCUT2D eigenvalue weighted by Gasteiger charge is -2.28. The second kappa shape index (κ2) is 13.3. The fraction of sp³-hybridized carbons (Fsp3) is 0.323. The quantitative estimate of drug-likeness (QED) is 0.392. The van der Waals surface area contributed by atoms with Crippen molar-refractivity contribution in [2.24, 2.45) is 0 Å². The third kappa shape index (κ3) is 6.85. The van der Waals surface area contributed by atoms with Gasteiger partial charge in [0, 0.05) is 31.9 Å². The Hall–Kier alpha value is -4.41. The maximum absolute atomic E-state index is 13.6. The van der Waals surface area contributed by atoms with Crippen molar-refractivity contribution in [1.29, 1.82) is 0 Å². The predicted octanol–water partition coefficient (Wildman–Crippen LogP) is 3.46. The summed E-state index contributed by atoms with van der Waals surface area (Å²) >= 11 is 0. The molecule has 3 aromatic rings. The van der Waals surface area contributed by atoms with E-state index >= 15 is 0 Å². The summed E-state index contributed by atoms with van der Waals surface area (Å²) in [5, 5.41) is 5.89. The van der Waals surface area contributed by atoms with Gasteiger partial charge in [0.25, 0.3) is 5.91 Å². The van der Waals surface area contributed by atoms with Gasteiger partial charge in [-0.25, -0.2) is 4.79 Å². The average Bonchev–Trinajstić information content (AvgIpc) is 3.33. The standard InChI is InChI=1S/C31H34N4O6/c1-39-26-13-6-5-12-25(26)29(36)33-24-11-7-10-23(20-24)28-27(30(37)32-14-15-34-16-18-40-19-17-34)35(31(38)41-28)21-22-8-3-2-4-9-22/h2-13,20,27-28H,14-19,21H2,1H3,(H,32,37)(H,33,36). The Bertz CT molecular complexity index is 1360. The van der Waals surface area contributed by atoms with E-state index in [0.29, 0.717) is 48.9 Å². The minimum absolute atomic E-state index is 0.224. The molecule has 10 heteroatoms. The molecule has 41 heavy (non-hydrogen) atoms. The molecule has 214 valence electrons. The number of para-hydroxylation sites is 1. The Morgan fingerprint density at radius 3 is 2.51 bits per heavy atom. The maximum atomic E-state index is 13.6. The molecular weight excluding hydrogens is 524 g/mol. The van der Waals surface area contributed by atoms with Gasteiger partial charge < -0.3 is 24.8 Å². The molecule has 2 N–H and O–H groups in total. The summed E-state index contributed by atoms with van der Waals surface area (Å²) in [7, 11) is 1.51. The van der Waals surface area contributed by atoms with Gasteiger partial charge in [0.1, 0.15) is 5.75 Å². The first kappa shape index (κ1) is 28.1. The topological polar surface area (TPSA) is 109 Å². The molecule has 2 atom stereocenters. The van der Waals surface area contributed by atoms with Crippen LogP contribution in [0.2, 0.25) is 0 Å². The molecule has 0 aliphatic carbocycles. The highest BCUT2D eigenvalue weighted by Gasteiger charge is 2.47. The second-order valence-electron chi connectivity index (χ2n) is 9.89. The first-order valence-corrected chi connectivity index (χ1v) is 13.7. The molecule has 2 fully saturated rings. The van der Waals surface area contributed by atoms with Crippen molar-refractivity contribution in [3.8, 4) is 5.75 Å². The van der Waals surface area contributed by atoms with E-state index in [1.54, 1.807) is 48.5 Å². The zero-order valence-electron chi connectivity index (χ0n) is 23.0. The fourth-order valence-corrected chi connectivity index (χ4v) is 5.08. The van der Waals surface area contributed by atoms with E-state index in [4.69, 9.17) is 14.2 Å². The van der Waals surface area contributed by atoms with Gasteiger partial charge >= 0.3 is 6.09 Å². The Morgan fingerprint density at radius 2 is 1.73 bits per heavy atom. The van der Waals surface area contributed by atoms with Crippen molar-refractivity contribution >= 4 is 23.6 Å². The molecule has 2 saturated heterocycles. The minimum atomic E-state index is -0.896. The smallest absolute Gasteiger partial charge is 0.411 e. The molecule has 0 saturated carbocycles. The Balaban J connectivity index is 1.35. The molecule has 2 aliphatic rings. The summed E-state index contributed by atoms with van der Waals surface area (Å²) in [5.74, 6) is -0.184. The van der Waals surface area contributed by atoms with Crippen LogP contribution in [-0.2, 0) is 20.8 Å². The van der Waals surface area contributed by atoms with E-state index in [1.807, 2.05) is 30.3 Å². The normalized spacial score (nSPS) is 19.0. The van der Waals surface area contributed by atoms with Crippen molar-refractivity contribution in [3.63, 3.8) is 0 Å². The van der Waals surface area contributed by atoms with Crippen LogP contribution in [0.25, 0.3) is 0 Å². The number of benzene rings is 3. The minimum Gasteiger partial charge on any atom is -0.496 e. The highest BCUT2D eigenvalue weighted by atomic mass is 16.6. The highest BCUT2D eigenvalue weighted by molar-refractivity contribution is 6.06. The monoisotopic (exact) mass is 558 g/mol. The molecule has 3 amide bonds. The second-order valence-corrected chi connectivity index (χ2v) is 9.89. The summed E-state index contributed by atoms with van der Waals surface area (Å²) in [6.07, 6.45) is -1.44. The lowest BCUT2D eigenvalue weighted by molar-refractivity contribution is -0.126. The molecule has 5 rings (SSSR count). The number of anilines is 1. The lowest BCUT2D eigenvalue weighted by Crippen LogP contribution is -2.48. The molecule has 2 aliphatic heterocycles. The van der Waals surface area contributed by atoms with Crippen LogP contribution in [0.3, 0.4) is 0 Å². The van der Waals surface area contributed by atoms with Crippen LogP contribution in [0.4, 0.5) is 10.5 Å². The molecule has 10 nitrogen and oxygen atoms in total. The average molecular weight is 559 g/mol. The van der Waals surface area contributed by atoms with Crippen molar-refractivity contribution < 1.29 is 28.6 Å². The number of rotatable bonds is 10. The number of nitrogens with one attached hydrogen (secondary N) is 2. The van der Waals surface area contributed by atoms with Crippen LogP contribution in [0.5, 0.6) is 5.75 Å². The number of nitrogens with zero attached hydrogens (tertiary/aromatic N) is 2. The van der Waals surface area contributed by atoms with Crippen LogP contribution in [-0.4, -0.2) is 80.3 Å². The Morgan fingerprint density at radius 1 is 0.976 bits per heavy atom. The summed E-state index contributed by atoms with van der Waals surface area (Å²) in [5.41, 5.74) is 2.37. The van der Waals surface area contributed by atoms with Crippen LogP contribution < -0.4 is 15.4 Å². The third-order valence-electron chi connectivity index (χ3n) is 7.20. The number of amides is 3. The number of hydrogen-bond acceptors (Lipinski definition) is 7. The first-order chi connectivity index (χ1) is 20.0. The van der Waals surface area contributed by atoms with Crippen molar-refractivity contribution in [2.75, 3.05) is 51.8 Å². The van der Waals surface area contributed by atoms with Crippen LogP contribution in [0, 0.1) is 0 Å². The molecule has 3 aromatic carbocycles. The van der Waals surface area contributed by atoms with Crippen LogP contribution >= 0.6 is 0 Å².